The summed E-state index contributed by atoms with van der Waals surface area (Å²) in [4.78, 5) is 4.93. The SMILES string of the molecule is CC1(C)c2c(ccc3ccccc23)-c2ccc3cc(N(c4ccc(-c5ccc(-c6ccccc6)cc5)cc4)c4ccc5c(c4)C(c4ccccc4)(c4ccccc4)c4ccccc4-5)ccc3c21.CC1(C)c2cc3ccccc3cc2-c2cc3ccc(N(c4ccc(-c5ccc(-c6ccccc6)cc5)cc4)c4ccc5c(c4)C(c4ccccc4)(c4ccccc4)c4ccccc4-5)cc3cc21. The van der Waals surface area contributed by atoms with Gasteiger partial charge in [0.25, 0.3) is 0 Å². The Labute approximate surface area is 784 Å². The van der Waals surface area contributed by atoms with Crippen LogP contribution >= 0.6 is 0 Å². The van der Waals surface area contributed by atoms with Crippen LogP contribution in [0.25, 0.3) is 132 Å². The number of anilines is 6. The van der Waals surface area contributed by atoms with E-state index in [0.717, 1.165) is 34.1 Å². The number of nitrogens with zero attached hydrogens (tertiary/aromatic N) is 2. The van der Waals surface area contributed by atoms with Gasteiger partial charge in [0.05, 0.1) is 10.8 Å². The van der Waals surface area contributed by atoms with Gasteiger partial charge in [0.15, 0.2) is 0 Å². The van der Waals surface area contributed by atoms with Gasteiger partial charge in [0.2, 0.25) is 0 Å². The lowest BCUT2D eigenvalue weighted by Crippen LogP contribution is -2.28. The fourth-order valence-corrected chi connectivity index (χ4v) is 23.6. The zero-order valence-corrected chi connectivity index (χ0v) is 75.2. The van der Waals surface area contributed by atoms with Crippen molar-refractivity contribution in [2.75, 3.05) is 9.80 Å². The summed E-state index contributed by atoms with van der Waals surface area (Å²) >= 11 is 0. The predicted molar refractivity (Wildman–Crippen MR) is 564 cm³/mol. The minimum absolute atomic E-state index is 0.138. The predicted octanol–water partition coefficient (Wildman–Crippen LogP) is 34.9. The highest BCUT2D eigenvalue weighted by atomic mass is 15.1. The molecule has 22 aromatic rings. The summed E-state index contributed by atoms with van der Waals surface area (Å²) in [6.07, 6.45) is 0. The van der Waals surface area contributed by atoms with Crippen LogP contribution in [0.5, 0.6) is 0 Å². The van der Waals surface area contributed by atoms with Crippen LogP contribution in [0, 0.1) is 0 Å². The lowest BCUT2D eigenvalue weighted by Gasteiger charge is -2.35. The number of benzene rings is 22. The number of hydrogen-bond donors (Lipinski definition) is 0. The molecule has 632 valence electrons. The van der Waals surface area contributed by atoms with Crippen molar-refractivity contribution in [2.45, 2.75) is 49.4 Å². The molecular weight excluding hydrogens is 1610 g/mol. The highest BCUT2D eigenvalue weighted by Crippen LogP contribution is 2.62. The van der Waals surface area contributed by atoms with Crippen molar-refractivity contribution in [3.05, 3.63) is 564 Å². The minimum atomic E-state index is -0.513. The quantitative estimate of drug-likeness (QED) is 0.107. The van der Waals surface area contributed by atoms with E-state index in [4.69, 9.17) is 0 Å². The zero-order chi connectivity index (χ0) is 89.4. The first kappa shape index (κ1) is 79.6. The van der Waals surface area contributed by atoms with Crippen LogP contribution < -0.4 is 9.80 Å². The van der Waals surface area contributed by atoms with Crippen LogP contribution in [0.3, 0.4) is 0 Å². The van der Waals surface area contributed by atoms with Gasteiger partial charge in [-0.2, -0.15) is 0 Å². The normalized spacial score (nSPS) is 13.8. The topological polar surface area (TPSA) is 6.48 Å². The van der Waals surface area contributed by atoms with Crippen molar-refractivity contribution >= 4 is 77.2 Å². The molecule has 0 N–H and O–H groups in total. The van der Waals surface area contributed by atoms with Crippen LogP contribution in [-0.4, -0.2) is 0 Å². The molecule has 0 spiro atoms. The molecular formula is C132H94N2. The summed E-state index contributed by atoms with van der Waals surface area (Å²) in [5.41, 5.74) is 41.3. The molecule has 2 nitrogen and oxygen atoms in total. The first-order valence-corrected chi connectivity index (χ1v) is 47.0. The van der Waals surface area contributed by atoms with Gasteiger partial charge >= 0.3 is 0 Å². The van der Waals surface area contributed by atoms with Crippen LogP contribution in [-0.2, 0) is 21.7 Å². The average molecular weight is 1710 g/mol. The molecule has 26 rings (SSSR count). The van der Waals surface area contributed by atoms with E-state index in [1.54, 1.807) is 0 Å². The molecule has 4 aliphatic rings. The lowest BCUT2D eigenvalue weighted by molar-refractivity contribution is 0.662. The molecule has 0 aromatic heterocycles. The lowest BCUT2D eigenvalue weighted by atomic mass is 9.67. The van der Waals surface area contributed by atoms with E-state index in [2.05, 4.69) is 535 Å². The van der Waals surface area contributed by atoms with Gasteiger partial charge in [0, 0.05) is 45.0 Å². The summed E-state index contributed by atoms with van der Waals surface area (Å²) in [6, 6.07) is 185. The van der Waals surface area contributed by atoms with Crippen molar-refractivity contribution in [1.29, 1.82) is 0 Å². The highest BCUT2D eigenvalue weighted by molar-refractivity contribution is 6.06. The molecule has 134 heavy (non-hydrogen) atoms. The average Bonchev–Trinajstić information content (AvgIpc) is 1.65. The fraction of sp³-hybridized carbons (Fsp3) is 0.0606. The molecule has 0 atom stereocenters. The Balaban J connectivity index is 0.000000143. The number of hydrogen-bond acceptors (Lipinski definition) is 2. The van der Waals surface area contributed by atoms with Gasteiger partial charge in [-0.05, 0) is 296 Å². The third kappa shape index (κ3) is 12.7. The number of rotatable bonds is 14. The molecule has 0 heterocycles. The number of fused-ring (bicyclic) bond motifs is 18. The molecule has 0 amide bonds. The smallest absolute Gasteiger partial charge is 0.0714 e. The molecule has 0 bridgehead atoms. The zero-order valence-electron chi connectivity index (χ0n) is 75.2. The Morgan fingerprint density at radius 2 is 0.425 bits per heavy atom. The van der Waals surface area contributed by atoms with E-state index in [1.165, 1.54) is 199 Å². The molecule has 0 fully saturated rings. The molecule has 0 saturated heterocycles. The molecule has 4 aliphatic carbocycles. The highest BCUT2D eigenvalue weighted by Gasteiger charge is 2.49. The fourth-order valence-electron chi connectivity index (χ4n) is 23.6. The summed E-state index contributed by atoms with van der Waals surface area (Å²) in [5.74, 6) is 0. The second kappa shape index (κ2) is 31.7. The maximum atomic E-state index is 2.48. The maximum Gasteiger partial charge on any atom is 0.0714 e. The Hall–Kier alpha value is -16.5. The van der Waals surface area contributed by atoms with Crippen molar-refractivity contribution in [2.24, 2.45) is 0 Å². The van der Waals surface area contributed by atoms with Crippen molar-refractivity contribution in [3.63, 3.8) is 0 Å². The summed E-state index contributed by atoms with van der Waals surface area (Å²) in [7, 11) is 0. The van der Waals surface area contributed by atoms with Crippen molar-refractivity contribution in [3.8, 4) is 89.0 Å². The molecule has 0 saturated carbocycles. The molecule has 2 heteroatoms. The molecule has 0 unspecified atom stereocenters. The summed E-state index contributed by atoms with van der Waals surface area (Å²) in [6.45, 7) is 9.60. The van der Waals surface area contributed by atoms with E-state index in [9.17, 15) is 0 Å². The Morgan fingerprint density at radius 3 is 0.858 bits per heavy atom. The second-order valence-corrected chi connectivity index (χ2v) is 37.7. The Bertz CT molecular complexity index is 8270. The standard InChI is InChI=1S/2C66H47N/c1-65(2)62-41-49-19-13-12-18-48(49)39-59(62)60-40-50-32-35-55(38-51(50)42-63(60)65)67(54-33-30-47(31-34-54)46-28-26-45(27-29-46)44-16-6-3-7-17-44)56-36-37-58-57-24-14-15-25-61(57)66(64(58)43-56,52-20-8-4-9-21-52)53-22-10-5-11-23-53;1-65(2)63-55-23-13-12-18-48(55)32-38-59(63)60-39-33-49-42-53(36-40-56(49)64(60)65)67(52-34-30-47(31-35-52)46-28-26-45(27-29-46)44-16-6-3-7-17-44)54-37-41-58-57-24-14-15-25-61(57)66(62(58)43-54,50-19-8-4-9-20-50)51-21-10-5-11-22-51/h2*3-43H,1-2H3. The van der Waals surface area contributed by atoms with E-state index in [0.29, 0.717) is 0 Å². The van der Waals surface area contributed by atoms with Gasteiger partial charge in [0.1, 0.15) is 0 Å². The van der Waals surface area contributed by atoms with Gasteiger partial charge in [-0.15, -0.1) is 0 Å². The van der Waals surface area contributed by atoms with Gasteiger partial charge < -0.3 is 9.80 Å². The molecule has 22 aromatic carbocycles. The second-order valence-electron chi connectivity index (χ2n) is 37.7. The van der Waals surface area contributed by atoms with Crippen LogP contribution in [0.2, 0.25) is 0 Å². The minimum Gasteiger partial charge on any atom is -0.310 e. The van der Waals surface area contributed by atoms with E-state index >= 15 is 0 Å². The first-order chi connectivity index (χ1) is 65.9. The largest absolute Gasteiger partial charge is 0.310 e. The van der Waals surface area contributed by atoms with Crippen molar-refractivity contribution < 1.29 is 0 Å². The maximum absolute atomic E-state index is 2.48. The van der Waals surface area contributed by atoms with E-state index < -0.39 is 10.8 Å². The van der Waals surface area contributed by atoms with Gasteiger partial charge in [-0.1, -0.05) is 428 Å². The first-order valence-electron chi connectivity index (χ1n) is 47.0. The summed E-state index contributed by atoms with van der Waals surface area (Å²) in [5, 5.41) is 10.2. The van der Waals surface area contributed by atoms with E-state index in [1.807, 2.05) is 0 Å². The summed E-state index contributed by atoms with van der Waals surface area (Å²) < 4.78 is 0. The third-order valence-electron chi connectivity index (χ3n) is 29.8. The molecule has 0 radical (unpaired) electrons. The van der Waals surface area contributed by atoms with Gasteiger partial charge in [-0.3, -0.25) is 0 Å². The third-order valence-corrected chi connectivity index (χ3v) is 29.8. The monoisotopic (exact) mass is 1710 g/mol. The van der Waals surface area contributed by atoms with Crippen LogP contribution in [0.15, 0.2) is 497 Å². The van der Waals surface area contributed by atoms with Gasteiger partial charge in [-0.25, -0.2) is 0 Å². The molecule has 0 aliphatic heterocycles. The van der Waals surface area contributed by atoms with Crippen LogP contribution in [0.1, 0.15) is 94.5 Å². The van der Waals surface area contributed by atoms with E-state index in [-0.39, 0.29) is 10.8 Å². The van der Waals surface area contributed by atoms with Crippen molar-refractivity contribution in [1.82, 2.24) is 0 Å². The Kier molecular flexibility index (Phi) is 18.8. The Morgan fingerprint density at radius 1 is 0.149 bits per heavy atom. The van der Waals surface area contributed by atoms with Crippen LogP contribution in [0.4, 0.5) is 34.1 Å².